The summed E-state index contributed by atoms with van der Waals surface area (Å²) in [6.07, 6.45) is 11.2. The number of amides is 5. The number of nitrogens with zero attached hydrogens (tertiary/aromatic N) is 1. The standard InChI is InChI=1S/C35H39N5O5/c1-4-7-13-28(31(41)33(43)36-19-5-2)38-32(42)29-14-10-20-40(29)34(44)30(26-21-24-11-8-9-12-25(24)22-26)39-35(45)37-27-17-15-23(6-3)16-18-27/h3-5,8-9,11-12,15-18,26,28-30H,1-2,7,10,13-14,19-22H2,(H,36,43)(H,38,42)(H2,37,39,45)/t28?,29-,30-/m0/s1. The molecule has 0 spiro atoms. The zero-order valence-corrected chi connectivity index (χ0v) is 25.2. The van der Waals surface area contributed by atoms with Crippen LogP contribution < -0.4 is 21.3 Å². The lowest BCUT2D eigenvalue weighted by atomic mass is 9.94. The first-order valence-corrected chi connectivity index (χ1v) is 15.1. The number of carbonyl (C=O) groups excluding carboxylic acids is 5. The van der Waals surface area contributed by atoms with Crippen molar-refractivity contribution >= 4 is 35.2 Å². The van der Waals surface area contributed by atoms with Crippen LogP contribution in [-0.2, 0) is 32.0 Å². The van der Waals surface area contributed by atoms with Crippen molar-refractivity contribution in [2.75, 3.05) is 18.4 Å². The number of terminal acetylenes is 1. The fraction of sp³-hybridized carbons (Fsp3) is 0.343. The van der Waals surface area contributed by atoms with E-state index in [2.05, 4.69) is 40.3 Å². The quantitative estimate of drug-likeness (QED) is 0.157. The summed E-state index contributed by atoms with van der Waals surface area (Å²) in [5, 5.41) is 10.8. The molecule has 2 aliphatic rings. The lowest BCUT2D eigenvalue weighted by Crippen LogP contribution is -2.58. The van der Waals surface area contributed by atoms with Gasteiger partial charge in [0.15, 0.2) is 0 Å². The van der Waals surface area contributed by atoms with Crippen molar-refractivity contribution in [2.45, 2.75) is 56.7 Å². The smallest absolute Gasteiger partial charge is 0.319 e. The number of Topliss-reactive ketones (excluding diaryl/α,β-unsaturated/α-hetero) is 1. The Morgan fingerprint density at radius 2 is 1.67 bits per heavy atom. The number of hydrogen-bond acceptors (Lipinski definition) is 5. The molecule has 0 saturated carbocycles. The fourth-order valence-electron chi connectivity index (χ4n) is 5.88. The van der Waals surface area contributed by atoms with Crippen molar-refractivity contribution in [3.63, 3.8) is 0 Å². The molecular formula is C35H39N5O5. The molecule has 234 valence electrons. The Morgan fingerprint density at radius 1 is 0.978 bits per heavy atom. The van der Waals surface area contributed by atoms with Gasteiger partial charge in [-0.3, -0.25) is 19.2 Å². The third-order valence-corrected chi connectivity index (χ3v) is 8.18. The zero-order valence-electron chi connectivity index (χ0n) is 25.2. The van der Waals surface area contributed by atoms with Crippen LogP contribution in [0.4, 0.5) is 10.5 Å². The molecule has 2 aromatic rings. The van der Waals surface area contributed by atoms with Crippen LogP contribution in [0.25, 0.3) is 0 Å². The largest absolute Gasteiger partial charge is 0.346 e. The van der Waals surface area contributed by atoms with E-state index in [1.165, 1.54) is 11.0 Å². The SMILES string of the molecule is C#Cc1ccc(NC(=O)N[C@H](C(=O)N2CCC[C@H]2C(=O)NC(CCC=C)C(=O)C(=O)NCC=C)C2Cc3ccccc3C2)cc1. The third-order valence-electron chi connectivity index (χ3n) is 8.18. The molecule has 5 amide bonds. The summed E-state index contributed by atoms with van der Waals surface area (Å²) in [6.45, 7) is 7.62. The maximum atomic E-state index is 14.2. The van der Waals surface area contributed by atoms with Crippen LogP contribution in [0.3, 0.4) is 0 Å². The molecule has 1 aliphatic heterocycles. The molecule has 1 heterocycles. The predicted molar refractivity (Wildman–Crippen MR) is 172 cm³/mol. The maximum absolute atomic E-state index is 14.2. The number of anilines is 1. The number of rotatable bonds is 13. The van der Waals surface area contributed by atoms with E-state index in [0.29, 0.717) is 49.9 Å². The van der Waals surface area contributed by atoms with Crippen molar-refractivity contribution < 1.29 is 24.0 Å². The van der Waals surface area contributed by atoms with Gasteiger partial charge in [-0.05, 0) is 79.8 Å². The van der Waals surface area contributed by atoms with Crippen LogP contribution in [0.15, 0.2) is 73.8 Å². The van der Waals surface area contributed by atoms with E-state index in [4.69, 9.17) is 6.42 Å². The highest BCUT2D eigenvalue weighted by Gasteiger charge is 2.42. The first-order chi connectivity index (χ1) is 21.7. The van der Waals surface area contributed by atoms with Gasteiger partial charge in [0.2, 0.25) is 17.6 Å². The molecule has 4 N–H and O–H groups in total. The Labute approximate surface area is 263 Å². The van der Waals surface area contributed by atoms with Gasteiger partial charge in [-0.1, -0.05) is 42.3 Å². The lowest BCUT2D eigenvalue weighted by molar-refractivity contribution is -0.143. The molecule has 10 heteroatoms. The predicted octanol–water partition coefficient (Wildman–Crippen LogP) is 2.89. The van der Waals surface area contributed by atoms with Crippen molar-refractivity contribution in [1.29, 1.82) is 0 Å². The van der Waals surface area contributed by atoms with E-state index in [1.54, 1.807) is 30.3 Å². The second-order valence-electron chi connectivity index (χ2n) is 11.2. The first kappa shape index (κ1) is 32.7. The number of carbonyl (C=O) groups is 5. The van der Waals surface area contributed by atoms with Crippen LogP contribution in [0.1, 0.15) is 42.4 Å². The van der Waals surface area contributed by atoms with E-state index in [1.807, 2.05) is 24.3 Å². The van der Waals surface area contributed by atoms with Gasteiger partial charge in [0.1, 0.15) is 12.1 Å². The molecule has 0 bridgehead atoms. The van der Waals surface area contributed by atoms with Crippen molar-refractivity contribution in [3.8, 4) is 12.3 Å². The molecule has 10 nitrogen and oxygen atoms in total. The summed E-state index contributed by atoms with van der Waals surface area (Å²) in [4.78, 5) is 67.7. The second kappa shape index (κ2) is 15.5. The summed E-state index contributed by atoms with van der Waals surface area (Å²) in [5.41, 5.74) is 3.41. The lowest BCUT2D eigenvalue weighted by Gasteiger charge is -2.32. The number of benzene rings is 2. The van der Waals surface area contributed by atoms with Crippen LogP contribution in [0.5, 0.6) is 0 Å². The van der Waals surface area contributed by atoms with Crippen LogP contribution >= 0.6 is 0 Å². The molecular weight excluding hydrogens is 570 g/mol. The maximum Gasteiger partial charge on any atom is 0.319 e. The highest BCUT2D eigenvalue weighted by atomic mass is 16.2. The molecule has 1 unspecified atom stereocenters. The molecule has 1 aliphatic carbocycles. The minimum Gasteiger partial charge on any atom is -0.346 e. The second-order valence-corrected chi connectivity index (χ2v) is 11.2. The molecule has 1 saturated heterocycles. The number of urea groups is 1. The number of fused-ring (bicyclic) bond motifs is 1. The Bertz CT molecular complexity index is 1470. The van der Waals surface area contributed by atoms with E-state index >= 15 is 0 Å². The van der Waals surface area contributed by atoms with Crippen LogP contribution in [-0.4, -0.2) is 65.7 Å². The molecule has 1 fully saturated rings. The number of ketones is 1. The number of likely N-dealkylation sites (tertiary alicyclic amines) is 1. The van der Waals surface area contributed by atoms with Gasteiger partial charge in [-0.15, -0.1) is 19.6 Å². The van der Waals surface area contributed by atoms with Crippen LogP contribution in [0.2, 0.25) is 0 Å². The van der Waals surface area contributed by atoms with E-state index in [9.17, 15) is 24.0 Å². The van der Waals surface area contributed by atoms with Gasteiger partial charge >= 0.3 is 6.03 Å². The fourth-order valence-corrected chi connectivity index (χ4v) is 5.88. The van der Waals surface area contributed by atoms with Gasteiger partial charge in [0, 0.05) is 24.3 Å². The summed E-state index contributed by atoms with van der Waals surface area (Å²) in [7, 11) is 0. The molecule has 4 rings (SSSR count). The van der Waals surface area contributed by atoms with Crippen molar-refractivity contribution in [2.24, 2.45) is 5.92 Å². The summed E-state index contributed by atoms with van der Waals surface area (Å²) >= 11 is 0. The van der Waals surface area contributed by atoms with Crippen LogP contribution in [0, 0.1) is 18.3 Å². The number of nitrogens with one attached hydrogen (secondary N) is 4. The Hall–Kier alpha value is -5.17. The normalized spacial score (nSPS) is 16.8. The molecule has 0 aromatic heterocycles. The van der Waals surface area contributed by atoms with Crippen molar-refractivity contribution in [1.82, 2.24) is 20.9 Å². The van der Waals surface area contributed by atoms with E-state index in [0.717, 1.165) is 11.1 Å². The van der Waals surface area contributed by atoms with Gasteiger partial charge in [0.25, 0.3) is 5.91 Å². The average Bonchev–Trinajstić information content (AvgIpc) is 3.72. The highest BCUT2D eigenvalue weighted by Crippen LogP contribution is 2.31. The first-order valence-electron chi connectivity index (χ1n) is 15.1. The summed E-state index contributed by atoms with van der Waals surface area (Å²) in [6, 6.07) is 11.3. The highest BCUT2D eigenvalue weighted by molar-refractivity contribution is 6.38. The minimum absolute atomic E-state index is 0.112. The van der Waals surface area contributed by atoms with Gasteiger partial charge in [-0.25, -0.2) is 4.79 Å². The molecule has 3 atom stereocenters. The molecule has 0 radical (unpaired) electrons. The van der Waals surface area contributed by atoms with Gasteiger partial charge in [0.05, 0.1) is 6.04 Å². The Morgan fingerprint density at radius 3 is 2.29 bits per heavy atom. The zero-order chi connectivity index (χ0) is 32.3. The van der Waals surface area contributed by atoms with Gasteiger partial charge in [-0.2, -0.15) is 0 Å². The van der Waals surface area contributed by atoms with E-state index < -0.39 is 41.8 Å². The van der Waals surface area contributed by atoms with Crippen molar-refractivity contribution in [3.05, 3.63) is 90.5 Å². The number of allylic oxidation sites excluding steroid dienone is 1. The Balaban J connectivity index is 1.51. The minimum atomic E-state index is -1.08. The van der Waals surface area contributed by atoms with E-state index in [-0.39, 0.29) is 24.8 Å². The summed E-state index contributed by atoms with van der Waals surface area (Å²) < 4.78 is 0. The third kappa shape index (κ3) is 8.26. The number of hydrogen-bond donors (Lipinski definition) is 4. The average molecular weight is 610 g/mol. The monoisotopic (exact) mass is 609 g/mol. The van der Waals surface area contributed by atoms with Gasteiger partial charge < -0.3 is 26.2 Å². The topological polar surface area (TPSA) is 137 Å². The summed E-state index contributed by atoms with van der Waals surface area (Å²) in [5.74, 6) is -0.205. The Kier molecular flexibility index (Phi) is 11.3. The molecule has 2 aromatic carbocycles. The molecule has 45 heavy (non-hydrogen) atoms.